The van der Waals surface area contributed by atoms with Crippen molar-refractivity contribution in [2.45, 2.75) is 13.0 Å². The lowest BCUT2D eigenvalue weighted by molar-refractivity contribution is 0.0963. The van der Waals surface area contributed by atoms with Gasteiger partial charge in [-0.05, 0) is 42.8 Å². The van der Waals surface area contributed by atoms with Gasteiger partial charge < -0.3 is 14.3 Å². The van der Waals surface area contributed by atoms with Crippen LogP contribution in [0.2, 0.25) is 0 Å². The largest absolute Gasteiger partial charge is 0.441 e. The maximum atomic E-state index is 14.8. The summed E-state index contributed by atoms with van der Waals surface area (Å²) in [7, 11) is 0. The zero-order chi connectivity index (χ0) is 18.4. The predicted octanol–water partition coefficient (Wildman–Crippen LogP) is 2.35. The monoisotopic (exact) mass is 358 g/mol. The summed E-state index contributed by atoms with van der Waals surface area (Å²) >= 11 is 0. The maximum absolute atomic E-state index is 14.8. The fourth-order valence-electron chi connectivity index (χ4n) is 3.03. The molecule has 2 heterocycles. The first-order valence-corrected chi connectivity index (χ1v) is 7.99. The molecule has 0 bridgehead atoms. The lowest BCUT2D eigenvalue weighted by atomic mass is 10.2. The quantitative estimate of drug-likeness (QED) is 0.777. The molecular weight excluding hydrogens is 343 g/mol. The molecule has 3 aromatic rings. The molecule has 1 amide bonds. The summed E-state index contributed by atoms with van der Waals surface area (Å²) in [4.78, 5) is 25.3. The van der Waals surface area contributed by atoms with Gasteiger partial charge in [-0.3, -0.25) is 4.90 Å². The first-order valence-electron chi connectivity index (χ1n) is 7.99. The second-order valence-corrected chi connectivity index (χ2v) is 6.11. The molecule has 1 aliphatic rings. The molecule has 2 aromatic carbocycles. The number of aromatic nitrogens is 1. The molecule has 1 atom stereocenters. The minimum Gasteiger partial charge on any atom is -0.441 e. The van der Waals surface area contributed by atoms with Gasteiger partial charge in [0.25, 0.3) is 0 Å². The third kappa shape index (κ3) is 2.55. The molecule has 0 saturated carbocycles. The van der Waals surface area contributed by atoms with E-state index in [4.69, 9.17) is 14.3 Å². The summed E-state index contributed by atoms with van der Waals surface area (Å²) in [6.45, 7) is 1.68. The summed E-state index contributed by atoms with van der Waals surface area (Å²) in [6, 6.07) is 9.26. The fourth-order valence-corrected chi connectivity index (χ4v) is 3.03. The minimum absolute atomic E-state index is 0.0226. The zero-order valence-electron chi connectivity index (χ0n) is 13.8. The van der Waals surface area contributed by atoms with E-state index in [1.807, 2.05) is 6.92 Å². The molecule has 134 valence electrons. The Hall–Kier alpha value is -3.13. The van der Waals surface area contributed by atoms with Crippen molar-refractivity contribution in [1.82, 2.24) is 4.57 Å². The Balaban J connectivity index is 1.78. The predicted molar refractivity (Wildman–Crippen MR) is 91.2 cm³/mol. The van der Waals surface area contributed by atoms with Crippen LogP contribution >= 0.6 is 0 Å². The Bertz CT molecular complexity index is 1070. The third-order valence-electron chi connectivity index (χ3n) is 4.30. The van der Waals surface area contributed by atoms with Gasteiger partial charge in [0.05, 0.1) is 30.0 Å². The molecule has 1 aromatic heterocycles. The van der Waals surface area contributed by atoms with E-state index in [9.17, 15) is 14.0 Å². The van der Waals surface area contributed by atoms with E-state index in [-0.39, 0.29) is 24.5 Å². The Morgan fingerprint density at radius 1 is 1.23 bits per heavy atom. The highest BCUT2D eigenvalue weighted by Gasteiger charge is 2.32. The molecule has 0 radical (unpaired) electrons. The summed E-state index contributed by atoms with van der Waals surface area (Å²) in [5, 5.41) is 9.10. The van der Waals surface area contributed by atoms with Crippen LogP contribution in [0.3, 0.4) is 0 Å². The summed E-state index contributed by atoms with van der Waals surface area (Å²) in [5.74, 6) is -1.38. The fraction of sp³-hybridized carbons (Fsp3) is 0.222. The van der Waals surface area contributed by atoms with Gasteiger partial charge in [-0.2, -0.15) is 0 Å². The Labute approximate surface area is 146 Å². The van der Waals surface area contributed by atoms with Crippen molar-refractivity contribution in [2.24, 2.45) is 0 Å². The first-order chi connectivity index (χ1) is 12.5. The number of aliphatic hydroxyl groups is 1. The van der Waals surface area contributed by atoms with Gasteiger partial charge in [0, 0.05) is 0 Å². The SMILES string of the molecule is Cc1ccc2oc(=O)n(-c3ccc(N4CC(CO)OC4=O)cc3F)c2c1. The zero-order valence-corrected chi connectivity index (χ0v) is 13.8. The number of rotatable bonds is 3. The Morgan fingerprint density at radius 2 is 2.04 bits per heavy atom. The molecule has 8 heteroatoms. The van der Waals surface area contributed by atoms with Crippen molar-refractivity contribution in [1.29, 1.82) is 0 Å². The molecule has 1 aliphatic heterocycles. The van der Waals surface area contributed by atoms with Crippen LogP contribution in [0.25, 0.3) is 16.8 Å². The number of hydrogen-bond donors (Lipinski definition) is 1. The minimum atomic E-state index is -0.696. The number of hydrogen-bond acceptors (Lipinski definition) is 5. The van der Waals surface area contributed by atoms with Crippen LogP contribution in [0.1, 0.15) is 5.56 Å². The van der Waals surface area contributed by atoms with Crippen molar-refractivity contribution in [3.63, 3.8) is 0 Å². The van der Waals surface area contributed by atoms with Crippen LogP contribution in [-0.4, -0.2) is 35.0 Å². The number of ether oxygens (including phenoxy) is 1. The van der Waals surface area contributed by atoms with Crippen molar-refractivity contribution in [3.8, 4) is 5.69 Å². The van der Waals surface area contributed by atoms with Crippen LogP contribution < -0.4 is 10.7 Å². The Kier molecular flexibility index (Phi) is 3.77. The number of halogens is 1. The van der Waals surface area contributed by atoms with E-state index in [0.29, 0.717) is 11.1 Å². The average molecular weight is 358 g/mol. The lowest BCUT2D eigenvalue weighted by Crippen LogP contribution is -2.25. The average Bonchev–Trinajstić information content (AvgIpc) is 3.14. The second kappa shape index (κ2) is 5.99. The van der Waals surface area contributed by atoms with Gasteiger partial charge in [0.2, 0.25) is 0 Å². The normalized spacial score (nSPS) is 17.1. The molecule has 0 aliphatic carbocycles. The summed E-state index contributed by atoms with van der Waals surface area (Å²) < 4.78 is 26.0. The van der Waals surface area contributed by atoms with E-state index >= 15 is 0 Å². The lowest BCUT2D eigenvalue weighted by Gasteiger charge is -2.14. The smallest absolute Gasteiger partial charge is 0.424 e. The van der Waals surface area contributed by atoms with Gasteiger partial charge in [-0.1, -0.05) is 6.07 Å². The van der Waals surface area contributed by atoms with Gasteiger partial charge in [-0.15, -0.1) is 0 Å². The molecule has 4 rings (SSSR count). The second-order valence-electron chi connectivity index (χ2n) is 6.11. The van der Waals surface area contributed by atoms with Gasteiger partial charge in [-0.25, -0.2) is 18.5 Å². The van der Waals surface area contributed by atoms with E-state index in [0.717, 1.165) is 16.2 Å². The number of cyclic esters (lactones) is 1. The van der Waals surface area contributed by atoms with Crippen molar-refractivity contribution in [3.05, 3.63) is 58.3 Å². The highest BCUT2D eigenvalue weighted by molar-refractivity contribution is 5.90. The van der Waals surface area contributed by atoms with Crippen molar-refractivity contribution in [2.75, 3.05) is 18.1 Å². The number of aliphatic hydroxyl groups excluding tert-OH is 1. The Morgan fingerprint density at radius 3 is 2.73 bits per heavy atom. The van der Waals surface area contributed by atoms with Crippen molar-refractivity contribution < 1.29 is 23.4 Å². The molecule has 0 spiro atoms. The molecule has 26 heavy (non-hydrogen) atoms. The van der Waals surface area contributed by atoms with E-state index in [1.54, 1.807) is 18.2 Å². The standard InChI is InChI=1S/C18H15FN2O5/c1-10-2-5-16-15(6-10)21(18(24)26-16)14-4-3-11(7-13(14)19)20-8-12(9-22)25-17(20)23/h2-7,12,22H,8-9H2,1H3. The van der Waals surface area contributed by atoms with E-state index < -0.39 is 23.8 Å². The van der Waals surface area contributed by atoms with Gasteiger partial charge in [0.15, 0.2) is 5.58 Å². The topological polar surface area (TPSA) is 84.9 Å². The number of benzene rings is 2. The van der Waals surface area contributed by atoms with Crippen LogP contribution in [0, 0.1) is 12.7 Å². The number of carbonyl (C=O) groups excluding carboxylic acids is 1. The van der Waals surface area contributed by atoms with Crippen LogP contribution in [0.5, 0.6) is 0 Å². The number of nitrogens with zero attached hydrogens (tertiary/aromatic N) is 2. The molecule has 1 N–H and O–H groups in total. The number of anilines is 1. The molecule has 1 fully saturated rings. The maximum Gasteiger partial charge on any atom is 0.424 e. The van der Waals surface area contributed by atoms with Gasteiger partial charge >= 0.3 is 11.8 Å². The van der Waals surface area contributed by atoms with Crippen LogP contribution in [0.15, 0.2) is 45.6 Å². The van der Waals surface area contributed by atoms with Crippen molar-refractivity contribution >= 4 is 22.9 Å². The van der Waals surface area contributed by atoms with E-state index in [1.165, 1.54) is 17.0 Å². The molecular formula is C18H15FN2O5. The number of carbonyl (C=O) groups is 1. The summed E-state index contributed by atoms with van der Waals surface area (Å²) in [5.41, 5.74) is 2.03. The number of aryl methyl sites for hydroxylation is 1. The van der Waals surface area contributed by atoms with Crippen LogP contribution in [0.4, 0.5) is 14.9 Å². The van der Waals surface area contributed by atoms with E-state index in [2.05, 4.69) is 0 Å². The molecule has 1 saturated heterocycles. The highest BCUT2D eigenvalue weighted by atomic mass is 19.1. The highest BCUT2D eigenvalue weighted by Crippen LogP contribution is 2.27. The number of fused-ring (bicyclic) bond motifs is 1. The third-order valence-corrected chi connectivity index (χ3v) is 4.30. The first kappa shape index (κ1) is 16.3. The molecule has 7 nitrogen and oxygen atoms in total. The van der Waals surface area contributed by atoms with Gasteiger partial charge in [0.1, 0.15) is 11.9 Å². The summed E-state index contributed by atoms with van der Waals surface area (Å²) in [6.07, 6.45) is -1.30. The molecule has 1 unspecified atom stereocenters. The number of oxazole rings is 1. The van der Waals surface area contributed by atoms with Crippen LogP contribution in [-0.2, 0) is 4.74 Å². The number of amides is 1.